The second kappa shape index (κ2) is 5.67. The molecule has 0 heterocycles. The average Bonchev–Trinajstić information content (AvgIpc) is 2.42. The molecule has 1 radical (unpaired) electrons. The van der Waals surface area contributed by atoms with E-state index in [1.807, 2.05) is 0 Å². The molecule has 0 heteroatoms. The van der Waals surface area contributed by atoms with E-state index >= 15 is 0 Å². The van der Waals surface area contributed by atoms with Gasteiger partial charge in [0.15, 0.2) is 0 Å². The van der Waals surface area contributed by atoms with Crippen LogP contribution in [0.3, 0.4) is 0 Å². The first kappa shape index (κ1) is 11.9. The Labute approximate surface area is 104 Å². The van der Waals surface area contributed by atoms with Crippen LogP contribution in [0.4, 0.5) is 0 Å². The summed E-state index contributed by atoms with van der Waals surface area (Å²) in [5, 5.41) is 0. The molecule has 0 aliphatic heterocycles. The molecule has 0 nitrogen and oxygen atoms in total. The zero-order valence-corrected chi connectivity index (χ0v) is 10.6. The molecule has 0 aliphatic rings. The molecule has 1 unspecified atom stereocenters. The Hall–Kier alpha value is -1.56. The third-order valence-corrected chi connectivity index (χ3v) is 3.36. The van der Waals surface area contributed by atoms with Crippen LogP contribution < -0.4 is 0 Å². The Kier molecular flexibility index (Phi) is 3.98. The standard InChI is InChI=1S/C17H19/c1-3-17(16-12-8-5-9-13-16)14(2)15-10-6-4-7-11-15/h4-13,17H,3H2,1-2H3. The van der Waals surface area contributed by atoms with Gasteiger partial charge in [0.25, 0.3) is 0 Å². The summed E-state index contributed by atoms with van der Waals surface area (Å²) >= 11 is 0. The first-order valence-corrected chi connectivity index (χ1v) is 6.26. The Morgan fingerprint density at radius 1 is 0.882 bits per heavy atom. The van der Waals surface area contributed by atoms with Gasteiger partial charge in [-0.05, 0) is 23.5 Å². The molecule has 1 atom stereocenters. The highest BCUT2D eigenvalue weighted by molar-refractivity contribution is 5.37. The lowest BCUT2D eigenvalue weighted by molar-refractivity contribution is 0.696. The minimum absolute atomic E-state index is 0.526. The van der Waals surface area contributed by atoms with E-state index in [2.05, 4.69) is 74.5 Å². The molecule has 2 aromatic rings. The normalized spacial score (nSPS) is 12.6. The largest absolute Gasteiger partial charge is 0.0648 e. The van der Waals surface area contributed by atoms with E-state index in [9.17, 15) is 0 Å². The highest BCUT2D eigenvalue weighted by Crippen LogP contribution is 2.33. The molecule has 0 N–H and O–H groups in total. The van der Waals surface area contributed by atoms with Crippen molar-refractivity contribution < 1.29 is 0 Å². The number of benzene rings is 2. The lowest BCUT2D eigenvalue weighted by Gasteiger charge is -2.23. The molecule has 2 aromatic carbocycles. The maximum atomic E-state index is 2.25. The predicted octanol–water partition coefficient (Wildman–Crippen LogP) is 4.82. The van der Waals surface area contributed by atoms with E-state index in [0.717, 1.165) is 6.42 Å². The topological polar surface area (TPSA) is 0 Å². The molecular weight excluding hydrogens is 204 g/mol. The van der Waals surface area contributed by atoms with Crippen LogP contribution in [0.25, 0.3) is 0 Å². The van der Waals surface area contributed by atoms with Gasteiger partial charge in [-0.3, -0.25) is 0 Å². The Bertz CT molecular complexity index is 430. The van der Waals surface area contributed by atoms with Crippen molar-refractivity contribution in [1.29, 1.82) is 0 Å². The molecule has 0 spiro atoms. The molecule has 0 saturated carbocycles. The molecule has 0 aliphatic carbocycles. The van der Waals surface area contributed by atoms with Crippen LogP contribution >= 0.6 is 0 Å². The average molecular weight is 223 g/mol. The maximum absolute atomic E-state index is 2.25. The molecule has 87 valence electrons. The third-order valence-electron chi connectivity index (χ3n) is 3.36. The van der Waals surface area contributed by atoms with Crippen molar-refractivity contribution in [1.82, 2.24) is 0 Å². The van der Waals surface area contributed by atoms with Crippen molar-refractivity contribution in [3.63, 3.8) is 0 Å². The lowest BCUT2D eigenvalue weighted by atomic mass is 9.81. The van der Waals surface area contributed by atoms with Gasteiger partial charge in [-0.25, -0.2) is 0 Å². The van der Waals surface area contributed by atoms with E-state index in [1.165, 1.54) is 17.0 Å². The SMILES string of the molecule is CCC([C](C)c1ccccc1)c1ccccc1. The van der Waals surface area contributed by atoms with Gasteiger partial charge >= 0.3 is 0 Å². The minimum atomic E-state index is 0.526. The van der Waals surface area contributed by atoms with Crippen LogP contribution in [0.5, 0.6) is 0 Å². The molecule has 0 fully saturated rings. The fraction of sp³-hybridized carbons (Fsp3) is 0.235. The van der Waals surface area contributed by atoms with E-state index in [4.69, 9.17) is 0 Å². The zero-order chi connectivity index (χ0) is 12.1. The van der Waals surface area contributed by atoms with E-state index in [1.54, 1.807) is 0 Å². The second-order valence-corrected chi connectivity index (χ2v) is 4.42. The summed E-state index contributed by atoms with van der Waals surface area (Å²) in [5.41, 5.74) is 2.76. The van der Waals surface area contributed by atoms with Gasteiger partial charge in [0, 0.05) is 5.92 Å². The van der Waals surface area contributed by atoms with Gasteiger partial charge in [0.05, 0.1) is 0 Å². The van der Waals surface area contributed by atoms with Gasteiger partial charge in [0.2, 0.25) is 0 Å². The van der Waals surface area contributed by atoms with E-state index in [0.29, 0.717) is 5.92 Å². The van der Waals surface area contributed by atoms with Crippen LogP contribution in [0.1, 0.15) is 37.3 Å². The smallest absolute Gasteiger partial charge is 0.00932 e. The van der Waals surface area contributed by atoms with Gasteiger partial charge < -0.3 is 0 Å². The Morgan fingerprint density at radius 3 is 1.94 bits per heavy atom. The number of rotatable bonds is 4. The van der Waals surface area contributed by atoms with Crippen molar-refractivity contribution in [3.05, 3.63) is 77.7 Å². The zero-order valence-electron chi connectivity index (χ0n) is 10.6. The van der Waals surface area contributed by atoms with Crippen LogP contribution in [0.2, 0.25) is 0 Å². The van der Waals surface area contributed by atoms with Crippen molar-refractivity contribution in [2.45, 2.75) is 26.2 Å². The Morgan fingerprint density at radius 2 is 1.41 bits per heavy atom. The van der Waals surface area contributed by atoms with Crippen LogP contribution in [0, 0.1) is 5.92 Å². The minimum Gasteiger partial charge on any atom is -0.0648 e. The highest BCUT2D eigenvalue weighted by Gasteiger charge is 2.19. The number of hydrogen-bond donors (Lipinski definition) is 0. The monoisotopic (exact) mass is 223 g/mol. The summed E-state index contributed by atoms with van der Waals surface area (Å²) in [7, 11) is 0. The van der Waals surface area contributed by atoms with Crippen molar-refractivity contribution in [2.24, 2.45) is 0 Å². The summed E-state index contributed by atoms with van der Waals surface area (Å²) in [6.45, 7) is 4.50. The quantitative estimate of drug-likeness (QED) is 0.697. The van der Waals surface area contributed by atoms with Gasteiger partial charge in [-0.2, -0.15) is 0 Å². The Balaban J connectivity index is 2.25. The lowest BCUT2D eigenvalue weighted by Crippen LogP contribution is -2.08. The summed E-state index contributed by atoms with van der Waals surface area (Å²) in [5.74, 6) is 1.98. The molecule has 0 saturated heterocycles. The van der Waals surface area contributed by atoms with E-state index in [-0.39, 0.29) is 0 Å². The van der Waals surface area contributed by atoms with Gasteiger partial charge in [-0.1, -0.05) is 74.5 Å². The van der Waals surface area contributed by atoms with Crippen LogP contribution in [0.15, 0.2) is 60.7 Å². The van der Waals surface area contributed by atoms with Crippen molar-refractivity contribution in [3.8, 4) is 0 Å². The first-order valence-electron chi connectivity index (χ1n) is 6.26. The highest BCUT2D eigenvalue weighted by atomic mass is 14.2. The molecular formula is C17H19. The number of hydrogen-bond acceptors (Lipinski definition) is 0. The molecule has 2 rings (SSSR count). The van der Waals surface area contributed by atoms with E-state index < -0.39 is 0 Å². The first-order chi connectivity index (χ1) is 8.33. The van der Waals surface area contributed by atoms with Crippen LogP contribution in [-0.4, -0.2) is 0 Å². The second-order valence-electron chi connectivity index (χ2n) is 4.42. The molecule has 0 amide bonds. The fourth-order valence-electron chi connectivity index (χ4n) is 2.38. The van der Waals surface area contributed by atoms with Gasteiger partial charge in [0.1, 0.15) is 0 Å². The van der Waals surface area contributed by atoms with Crippen molar-refractivity contribution in [2.75, 3.05) is 0 Å². The van der Waals surface area contributed by atoms with Crippen LogP contribution in [-0.2, 0) is 0 Å². The third kappa shape index (κ3) is 2.76. The van der Waals surface area contributed by atoms with Crippen molar-refractivity contribution >= 4 is 0 Å². The predicted molar refractivity (Wildman–Crippen MR) is 73.9 cm³/mol. The molecule has 17 heavy (non-hydrogen) atoms. The molecule has 0 bridgehead atoms. The summed E-state index contributed by atoms with van der Waals surface area (Å²) in [6, 6.07) is 21.4. The fourth-order valence-corrected chi connectivity index (χ4v) is 2.38. The summed E-state index contributed by atoms with van der Waals surface area (Å²) < 4.78 is 0. The maximum Gasteiger partial charge on any atom is 0.00932 e. The molecule has 0 aromatic heterocycles. The van der Waals surface area contributed by atoms with Gasteiger partial charge in [-0.15, -0.1) is 0 Å². The summed E-state index contributed by atoms with van der Waals surface area (Å²) in [6.07, 6.45) is 1.14. The summed E-state index contributed by atoms with van der Waals surface area (Å²) in [4.78, 5) is 0.